The third-order valence-corrected chi connectivity index (χ3v) is 3.77. The van der Waals surface area contributed by atoms with Crippen molar-refractivity contribution in [1.82, 2.24) is 10.3 Å². The first-order chi connectivity index (χ1) is 12.8. The third kappa shape index (κ3) is 5.16. The van der Waals surface area contributed by atoms with Gasteiger partial charge < -0.3 is 19.5 Å². The number of ether oxygens (including phenoxy) is 3. The van der Waals surface area contributed by atoms with Gasteiger partial charge in [0.25, 0.3) is 5.91 Å². The minimum absolute atomic E-state index is 0.0944. The molecule has 0 atom stereocenters. The Labute approximate surface area is 157 Å². The number of hydrogen-bond acceptors (Lipinski definition) is 5. The molecule has 0 bridgehead atoms. The van der Waals surface area contributed by atoms with Crippen LogP contribution in [0.15, 0.2) is 30.5 Å². The highest BCUT2D eigenvalue weighted by molar-refractivity contribution is 6.32. The van der Waals surface area contributed by atoms with E-state index >= 15 is 0 Å². The topological polar surface area (TPSA) is 69.7 Å². The largest absolute Gasteiger partial charge is 0.486 e. The first-order valence-electron chi connectivity index (χ1n) is 7.83. The second-order valence-electron chi connectivity index (χ2n) is 5.58. The van der Waals surface area contributed by atoms with Gasteiger partial charge in [0.1, 0.15) is 18.2 Å². The Morgan fingerprint density at radius 3 is 2.67 bits per heavy atom. The quantitative estimate of drug-likeness (QED) is 0.830. The minimum Gasteiger partial charge on any atom is -0.486 e. The van der Waals surface area contributed by atoms with Crippen LogP contribution in [-0.2, 0) is 6.54 Å². The maximum Gasteiger partial charge on any atom is 0.422 e. The molecule has 0 aliphatic carbocycles. The molecule has 1 aromatic carbocycles. The van der Waals surface area contributed by atoms with Crippen LogP contribution in [0, 0.1) is 0 Å². The van der Waals surface area contributed by atoms with Crippen LogP contribution in [0.1, 0.15) is 15.9 Å². The van der Waals surface area contributed by atoms with Gasteiger partial charge in [-0.3, -0.25) is 4.79 Å². The number of benzene rings is 1. The predicted octanol–water partition coefficient (Wildman–Crippen LogP) is 3.38. The Hall–Kier alpha value is -2.68. The molecule has 0 spiro atoms. The van der Waals surface area contributed by atoms with Gasteiger partial charge in [0, 0.05) is 12.7 Å². The molecular weight excluding hydrogens is 389 g/mol. The zero-order chi connectivity index (χ0) is 19.4. The zero-order valence-electron chi connectivity index (χ0n) is 13.8. The summed E-state index contributed by atoms with van der Waals surface area (Å²) in [7, 11) is 0. The Kier molecular flexibility index (Phi) is 5.59. The second kappa shape index (κ2) is 7.91. The Bertz CT molecular complexity index is 845. The summed E-state index contributed by atoms with van der Waals surface area (Å²) >= 11 is 5.83. The Morgan fingerprint density at radius 2 is 1.96 bits per heavy atom. The maximum absolute atomic E-state index is 12.2. The number of hydrogen-bond donors (Lipinski definition) is 1. The molecule has 1 N–H and O–H groups in total. The number of amides is 1. The number of nitrogens with zero attached hydrogens (tertiary/aromatic N) is 1. The lowest BCUT2D eigenvalue weighted by Crippen LogP contribution is -2.23. The molecule has 1 aromatic heterocycles. The van der Waals surface area contributed by atoms with Crippen molar-refractivity contribution in [2.45, 2.75) is 12.7 Å². The molecular formula is C17H14ClF3N2O4. The van der Waals surface area contributed by atoms with E-state index < -0.39 is 24.6 Å². The SMILES string of the molecule is O=C(NCc1ccc2c(c1)OCCO2)c1cnc(OCC(F)(F)F)c(Cl)c1. The van der Waals surface area contributed by atoms with E-state index in [-0.39, 0.29) is 17.1 Å². The highest BCUT2D eigenvalue weighted by Gasteiger charge is 2.29. The van der Waals surface area contributed by atoms with Crippen molar-refractivity contribution in [2.24, 2.45) is 0 Å². The summed E-state index contributed by atoms with van der Waals surface area (Å²) in [6.07, 6.45) is -3.42. The van der Waals surface area contributed by atoms with Crippen molar-refractivity contribution in [3.63, 3.8) is 0 Å². The zero-order valence-corrected chi connectivity index (χ0v) is 14.6. The molecule has 2 aromatic rings. The molecule has 0 radical (unpaired) electrons. The van der Waals surface area contributed by atoms with Gasteiger partial charge in [0.2, 0.25) is 5.88 Å². The number of alkyl halides is 3. The van der Waals surface area contributed by atoms with Gasteiger partial charge in [-0.05, 0) is 23.8 Å². The van der Waals surface area contributed by atoms with Crippen LogP contribution in [0.5, 0.6) is 17.4 Å². The summed E-state index contributed by atoms with van der Waals surface area (Å²) in [5, 5.41) is 2.48. The monoisotopic (exact) mass is 402 g/mol. The first-order valence-corrected chi connectivity index (χ1v) is 8.21. The molecule has 1 amide bonds. The van der Waals surface area contributed by atoms with Crippen LogP contribution in [-0.4, -0.2) is 36.9 Å². The number of carbonyl (C=O) groups is 1. The van der Waals surface area contributed by atoms with Crippen LogP contribution in [0.4, 0.5) is 13.2 Å². The van der Waals surface area contributed by atoms with Crippen molar-refractivity contribution < 1.29 is 32.2 Å². The van der Waals surface area contributed by atoms with Gasteiger partial charge in [-0.2, -0.15) is 13.2 Å². The molecule has 3 rings (SSSR count). The summed E-state index contributed by atoms with van der Waals surface area (Å²) in [6, 6.07) is 6.49. The summed E-state index contributed by atoms with van der Waals surface area (Å²) in [4.78, 5) is 15.9. The normalized spacial score (nSPS) is 13.2. The molecule has 0 saturated heterocycles. The lowest BCUT2D eigenvalue weighted by atomic mass is 10.2. The van der Waals surface area contributed by atoms with Crippen LogP contribution in [0.3, 0.4) is 0 Å². The molecule has 27 heavy (non-hydrogen) atoms. The molecule has 1 aliphatic heterocycles. The fourth-order valence-electron chi connectivity index (χ4n) is 2.29. The number of nitrogens with one attached hydrogen (secondary N) is 1. The van der Waals surface area contributed by atoms with Gasteiger partial charge in [0.05, 0.1) is 5.56 Å². The van der Waals surface area contributed by atoms with Crippen LogP contribution in [0.25, 0.3) is 0 Å². The second-order valence-corrected chi connectivity index (χ2v) is 5.98. The average Bonchev–Trinajstić information content (AvgIpc) is 2.64. The molecule has 1 aliphatic rings. The van der Waals surface area contributed by atoms with Crippen LogP contribution in [0.2, 0.25) is 5.02 Å². The van der Waals surface area contributed by atoms with Crippen molar-refractivity contribution >= 4 is 17.5 Å². The lowest BCUT2D eigenvalue weighted by molar-refractivity contribution is -0.154. The van der Waals surface area contributed by atoms with Crippen molar-refractivity contribution in [3.8, 4) is 17.4 Å². The summed E-state index contributed by atoms with van der Waals surface area (Å²) in [5.41, 5.74) is 0.883. The fourth-order valence-corrected chi connectivity index (χ4v) is 2.51. The first kappa shape index (κ1) is 19.1. The third-order valence-electron chi connectivity index (χ3n) is 3.50. The number of halogens is 4. The minimum atomic E-state index is -4.51. The van der Waals surface area contributed by atoms with E-state index in [1.807, 2.05) is 0 Å². The predicted molar refractivity (Wildman–Crippen MR) is 89.4 cm³/mol. The van der Waals surface area contributed by atoms with E-state index in [2.05, 4.69) is 15.0 Å². The molecule has 0 unspecified atom stereocenters. The molecule has 0 saturated carbocycles. The van der Waals surface area contributed by atoms with E-state index in [1.165, 1.54) is 6.07 Å². The number of aromatic nitrogens is 1. The molecule has 6 nitrogen and oxygen atoms in total. The van der Waals surface area contributed by atoms with Crippen molar-refractivity contribution in [1.29, 1.82) is 0 Å². The van der Waals surface area contributed by atoms with Gasteiger partial charge >= 0.3 is 6.18 Å². The van der Waals surface area contributed by atoms with Gasteiger partial charge in [-0.15, -0.1) is 0 Å². The van der Waals surface area contributed by atoms with Gasteiger partial charge in [0.15, 0.2) is 18.1 Å². The lowest BCUT2D eigenvalue weighted by Gasteiger charge is -2.19. The average molecular weight is 403 g/mol. The number of carbonyl (C=O) groups excluding carboxylic acids is 1. The maximum atomic E-state index is 12.2. The summed E-state index contributed by atoms with van der Waals surface area (Å²) < 4.78 is 51.9. The number of rotatable bonds is 5. The highest BCUT2D eigenvalue weighted by atomic mass is 35.5. The number of fused-ring (bicyclic) bond motifs is 1. The van der Waals surface area contributed by atoms with E-state index in [4.69, 9.17) is 21.1 Å². The van der Waals surface area contributed by atoms with Crippen LogP contribution < -0.4 is 19.5 Å². The number of pyridine rings is 1. The van der Waals surface area contributed by atoms with E-state index in [1.54, 1.807) is 18.2 Å². The Morgan fingerprint density at radius 1 is 1.22 bits per heavy atom. The van der Waals surface area contributed by atoms with E-state index in [0.29, 0.717) is 24.7 Å². The molecule has 2 heterocycles. The van der Waals surface area contributed by atoms with Crippen molar-refractivity contribution in [3.05, 3.63) is 46.6 Å². The van der Waals surface area contributed by atoms with Gasteiger partial charge in [-0.25, -0.2) is 4.98 Å². The van der Waals surface area contributed by atoms with E-state index in [9.17, 15) is 18.0 Å². The fraction of sp³-hybridized carbons (Fsp3) is 0.294. The smallest absolute Gasteiger partial charge is 0.422 e. The summed E-state index contributed by atoms with van der Waals surface area (Å²) in [5.74, 6) is 0.365. The summed E-state index contributed by atoms with van der Waals surface area (Å²) in [6.45, 7) is -0.371. The molecule has 0 fully saturated rings. The van der Waals surface area contributed by atoms with E-state index in [0.717, 1.165) is 11.8 Å². The molecule has 144 valence electrons. The van der Waals surface area contributed by atoms with Gasteiger partial charge in [-0.1, -0.05) is 17.7 Å². The Balaban J connectivity index is 1.60. The van der Waals surface area contributed by atoms with Crippen LogP contribution >= 0.6 is 11.6 Å². The van der Waals surface area contributed by atoms with Crippen molar-refractivity contribution in [2.75, 3.05) is 19.8 Å². The highest BCUT2D eigenvalue weighted by Crippen LogP contribution is 2.30. The molecule has 10 heteroatoms. The standard InChI is InChI=1S/C17H14ClF3N2O4/c18-12-6-11(8-23-16(12)27-9-17(19,20)21)15(24)22-7-10-1-2-13-14(5-10)26-4-3-25-13/h1-2,5-6,8H,3-4,7,9H2,(H,22,24).